The van der Waals surface area contributed by atoms with Crippen molar-refractivity contribution in [3.63, 3.8) is 0 Å². The molecule has 3 amide bonds. The minimum absolute atomic E-state index is 0.0432. The molecule has 1 fully saturated rings. The van der Waals surface area contributed by atoms with E-state index in [1.54, 1.807) is 6.07 Å². The van der Waals surface area contributed by atoms with Crippen LogP contribution >= 0.6 is 15.9 Å². The van der Waals surface area contributed by atoms with Gasteiger partial charge in [0.15, 0.2) is 10.4 Å². The molecule has 9 heteroatoms. The molecular weight excluding hydrogens is 404 g/mol. The third-order valence-corrected chi connectivity index (χ3v) is 4.52. The first-order valence-electron chi connectivity index (χ1n) is 8.80. The Bertz CT molecular complexity index is 626. The number of furan rings is 1. The summed E-state index contributed by atoms with van der Waals surface area (Å²) in [4.78, 5) is 37.6. The Morgan fingerprint density at radius 2 is 1.92 bits per heavy atom. The van der Waals surface area contributed by atoms with Gasteiger partial charge < -0.3 is 20.4 Å². The van der Waals surface area contributed by atoms with Gasteiger partial charge in [0.2, 0.25) is 11.8 Å². The average molecular weight is 429 g/mol. The van der Waals surface area contributed by atoms with Gasteiger partial charge in [0, 0.05) is 25.7 Å². The smallest absolute Gasteiger partial charge is 0.287 e. The molecule has 2 heterocycles. The molecule has 26 heavy (non-hydrogen) atoms. The molecule has 0 saturated carbocycles. The van der Waals surface area contributed by atoms with Gasteiger partial charge in [0.25, 0.3) is 5.91 Å². The van der Waals surface area contributed by atoms with Crippen molar-refractivity contribution in [2.45, 2.75) is 32.2 Å². The average Bonchev–Trinajstić information content (AvgIpc) is 3.06. The molecule has 8 nitrogen and oxygen atoms in total. The fourth-order valence-electron chi connectivity index (χ4n) is 2.72. The van der Waals surface area contributed by atoms with Crippen molar-refractivity contribution in [3.05, 3.63) is 22.6 Å². The number of likely N-dealkylation sites (tertiary alicyclic amines) is 1. The van der Waals surface area contributed by atoms with E-state index in [1.807, 2.05) is 6.92 Å². The van der Waals surface area contributed by atoms with Crippen LogP contribution in [0.3, 0.4) is 0 Å². The lowest BCUT2D eigenvalue weighted by atomic mass is 10.0. The quantitative estimate of drug-likeness (QED) is 0.569. The van der Waals surface area contributed by atoms with Gasteiger partial charge >= 0.3 is 0 Å². The summed E-state index contributed by atoms with van der Waals surface area (Å²) < 4.78 is 5.59. The minimum atomic E-state index is -0.432. The zero-order valence-corrected chi connectivity index (χ0v) is 16.4. The number of carbonyl (C=O) groups is 3. The van der Waals surface area contributed by atoms with Crippen LogP contribution in [0.15, 0.2) is 21.2 Å². The van der Waals surface area contributed by atoms with Gasteiger partial charge in [-0.25, -0.2) is 0 Å². The van der Waals surface area contributed by atoms with Gasteiger partial charge in [-0.15, -0.1) is 0 Å². The zero-order valence-electron chi connectivity index (χ0n) is 14.8. The third-order valence-electron chi connectivity index (χ3n) is 4.10. The lowest BCUT2D eigenvalue weighted by molar-refractivity contribution is -0.123. The van der Waals surface area contributed by atoms with E-state index >= 15 is 0 Å². The van der Waals surface area contributed by atoms with Crippen LogP contribution in [0.5, 0.6) is 0 Å². The Hall–Kier alpha value is -1.87. The second-order valence-electron chi connectivity index (χ2n) is 6.25. The molecule has 0 aromatic carbocycles. The molecule has 0 bridgehead atoms. The Balaban J connectivity index is 1.63. The highest BCUT2D eigenvalue weighted by Gasteiger charge is 2.22. The van der Waals surface area contributed by atoms with Gasteiger partial charge in [0.1, 0.15) is 0 Å². The Morgan fingerprint density at radius 3 is 2.54 bits per heavy atom. The number of carbonyl (C=O) groups excluding carboxylic acids is 3. The van der Waals surface area contributed by atoms with Crippen LogP contribution in [-0.4, -0.2) is 61.4 Å². The standard InChI is InChI=1S/C17H25BrN4O4/c1-2-7-19-16(24)11-22-8-5-12(6-9-22)21-15(23)10-20-17(25)13-3-4-14(18)26-13/h3-4,12H,2,5-11H2,1H3,(H,19,24)(H,20,25)(H,21,23). The predicted molar refractivity (Wildman–Crippen MR) is 99.6 cm³/mol. The highest BCUT2D eigenvalue weighted by Crippen LogP contribution is 2.13. The zero-order chi connectivity index (χ0) is 18.9. The van der Waals surface area contributed by atoms with E-state index in [9.17, 15) is 14.4 Å². The van der Waals surface area contributed by atoms with E-state index in [0.717, 1.165) is 32.4 Å². The van der Waals surface area contributed by atoms with Crippen LogP contribution in [-0.2, 0) is 9.59 Å². The normalized spacial score (nSPS) is 15.5. The molecule has 1 saturated heterocycles. The number of hydrogen-bond acceptors (Lipinski definition) is 5. The molecule has 0 aliphatic carbocycles. The van der Waals surface area contributed by atoms with Crippen molar-refractivity contribution in [1.82, 2.24) is 20.9 Å². The summed E-state index contributed by atoms with van der Waals surface area (Å²) in [5.74, 6) is -0.470. The van der Waals surface area contributed by atoms with Crippen LogP contribution in [0.2, 0.25) is 0 Å². The highest BCUT2D eigenvalue weighted by molar-refractivity contribution is 9.10. The van der Waals surface area contributed by atoms with E-state index in [-0.39, 0.29) is 30.2 Å². The summed E-state index contributed by atoms with van der Waals surface area (Å²) >= 11 is 3.12. The van der Waals surface area contributed by atoms with Crippen molar-refractivity contribution in [2.24, 2.45) is 0 Å². The fourth-order valence-corrected chi connectivity index (χ4v) is 3.03. The van der Waals surface area contributed by atoms with Crippen molar-refractivity contribution < 1.29 is 18.8 Å². The maximum absolute atomic E-state index is 12.0. The second-order valence-corrected chi connectivity index (χ2v) is 7.04. The Kier molecular flexibility index (Phi) is 8.11. The molecule has 3 N–H and O–H groups in total. The minimum Gasteiger partial charge on any atom is -0.444 e. The summed E-state index contributed by atoms with van der Waals surface area (Å²) in [5, 5.41) is 8.31. The summed E-state index contributed by atoms with van der Waals surface area (Å²) in [5.41, 5.74) is 0. The fraction of sp³-hybridized carbons (Fsp3) is 0.588. The van der Waals surface area contributed by atoms with Gasteiger partial charge in [0.05, 0.1) is 13.1 Å². The summed E-state index contributed by atoms with van der Waals surface area (Å²) in [7, 11) is 0. The van der Waals surface area contributed by atoms with Gasteiger partial charge in [-0.1, -0.05) is 6.92 Å². The number of nitrogens with zero attached hydrogens (tertiary/aromatic N) is 1. The van der Waals surface area contributed by atoms with Crippen molar-refractivity contribution >= 4 is 33.7 Å². The summed E-state index contributed by atoms with van der Waals surface area (Å²) in [6, 6.07) is 3.21. The molecule has 0 unspecified atom stereocenters. The number of rotatable bonds is 8. The number of amides is 3. The first-order valence-corrected chi connectivity index (χ1v) is 9.59. The first kappa shape index (κ1) is 20.4. The number of nitrogens with one attached hydrogen (secondary N) is 3. The van der Waals surface area contributed by atoms with Crippen LogP contribution in [0.25, 0.3) is 0 Å². The lowest BCUT2D eigenvalue weighted by Crippen LogP contribution is -2.49. The predicted octanol–water partition coefficient (Wildman–Crippen LogP) is 0.879. The number of halogens is 1. The van der Waals surface area contributed by atoms with Crippen LogP contribution < -0.4 is 16.0 Å². The maximum atomic E-state index is 12.0. The van der Waals surface area contributed by atoms with E-state index in [1.165, 1.54) is 6.07 Å². The van der Waals surface area contributed by atoms with E-state index in [2.05, 4.69) is 36.8 Å². The molecular formula is C17H25BrN4O4. The third kappa shape index (κ3) is 6.80. The number of hydrogen-bond donors (Lipinski definition) is 3. The molecule has 2 rings (SSSR count). The highest BCUT2D eigenvalue weighted by atomic mass is 79.9. The van der Waals surface area contributed by atoms with Gasteiger partial charge in [-0.05, 0) is 47.3 Å². The topological polar surface area (TPSA) is 104 Å². The molecule has 1 aliphatic rings. The molecule has 0 atom stereocenters. The van der Waals surface area contributed by atoms with E-state index in [0.29, 0.717) is 17.8 Å². The maximum Gasteiger partial charge on any atom is 0.287 e. The largest absolute Gasteiger partial charge is 0.444 e. The van der Waals surface area contributed by atoms with Crippen molar-refractivity contribution in [3.8, 4) is 0 Å². The SMILES string of the molecule is CCCNC(=O)CN1CCC(NC(=O)CNC(=O)c2ccc(Br)o2)CC1. The van der Waals surface area contributed by atoms with Crippen molar-refractivity contribution in [2.75, 3.05) is 32.7 Å². The van der Waals surface area contributed by atoms with Gasteiger partial charge in [-0.3, -0.25) is 19.3 Å². The van der Waals surface area contributed by atoms with E-state index in [4.69, 9.17) is 4.42 Å². The molecule has 1 aliphatic heterocycles. The first-order chi connectivity index (χ1) is 12.5. The Labute approximate surface area is 161 Å². The summed E-state index contributed by atoms with van der Waals surface area (Å²) in [6.07, 6.45) is 2.49. The van der Waals surface area contributed by atoms with Gasteiger partial charge in [-0.2, -0.15) is 0 Å². The number of piperidine rings is 1. The van der Waals surface area contributed by atoms with Crippen LogP contribution in [0, 0.1) is 0 Å². The van der Waals surface area contributed by atoms with Crippen molar-refractivity contribution in [1.29, 1.82) is 0 Å². The molecule has 0 radical (unpaired) electrons. The molecule has 1 aromatic heterocycles. The Morgan fingerprint density at radius 1 is 1.19 bits per heavy atom. The molecule has 1 aromatic rings. The lowest BCUT2D eigenvalue weighted by Gasteiger charge is -2.31. The molecule has 0 spiro atoms. The van der Waals surface area contributed by atoms with Crippen LogP contribution in [0.1, 0.15) is 36.7 Å². The summed E-state index contributed by atoms with van der Waals surface area (Å²) in [6.45, 7) is 4.54. The second kappa shape index (κ2) is 10.3. The monoisotopic (exact) mass is 428 g/mol. The van der Waals surface area contributed by atoms with E-state index < -0.39 is 5.91 Å². The molecule has 144 valence electrons. The van der Waals surface area contributed by atoms with Crippen LogP contribution in [0.4, 0.5) is 0 Å².